The van der Waals surface area contributed by atoms with Gasteiger partial charge in [0.25, 0.3) is 0 Å². The molecular formula is C15H20Cl2N4O3. The number of aryl methyl sites for hydroxylation is 1. The van der Waals surface area contributed by atoms with E-state index in [4.69, 9.17) is 27.7 Å². The van der Waals surface area contributed by atoms with Gasteiger partial charge in [0.05, 0.1) is 12.0 Å². The van der Waals surface area contributed by atoms with Crippen molar-refractivity contribution >= 4 is 40.8 Å². The summed E-state index contributed by atoms with van der Waals surface area (Å²) in [6, 6.07) is 1.66. The summed E-state index contributed by atoms with van der Waals surface area (Å²) in [6.07, 6.45) is 0.488. The first kappa shape index (κ1) is 17.5. The molecule has 1 aromatic heterocycles. The molecule has 2 amide bonds. The molecule has 1 N–H and O–H groups in total. The average molecular weight is 375 g/mol. The average Bonchev–Trinajstić information content (AvgIpc) is 2.82. The van der Waals surface area contributed by atoms with Crippen LogP contribution in [0.25, 0.3) is 0 Å². The molecule has 1 aliphatic heterocycles. The number of nitrogens with zero attached hydrogens (tertiary/aromatic N) is 3. The molecule has 9 heteroatoms. The Balaban J connectivity index is 1.45. The van der Waals surface area contributed by atoms with Crippen LogP contribution in [0.1, 0.15) is 19.1 Å². The molecule has 0 spiro atoms. The van der Waals surface area contributed by atoms with Gasteiger partial charge in [-0.05, 0) is 20.3 Å². The summed E-state index contributed by atoms with van der Waals surface area (Å²) >= 11 is 12.2. The van der Waals surface area contributed by atoms with Crippen LogP contribution >= 0.6 is 23.2 Å². The molecule has 132 valence electrons. The first-order chi connectivity index (χ1) is 11.2. The fourth-order valence-corrected chi connectivity index (χ4v) is 3.60. The fourth-order valence-electron chi connectivity index (χ4n) is 2.90. The number of rotatable bonds is 4. The van der Waals surface area contributed by atoms with E-state index in [1.807, 2.05) is 4.90 Å². The first-order valence-electron chi connectivity index (χ1n) is 7.84. The lowest BCUT2D eigenvalue weighted by atomic mass is 10.1. The second-order valence-corrected chi connectivity index (χ2v) is 8.14. The summed E-state index contributed by atoms with van der Waals surface area (Å²) in [6.45, 7) is 6.20. The van der Waals surface area contributed by atoms with Crippen LogP contribution in [-0.2, 0) is 9.59 Å². The number of alkyl halides is 2. The van der Waals surface area contributed by atoms with E-state index in [0.29, 0.717) is 44.2 Å². The van der Waals surface area contributed by atoms with Crippen molar-refractivity contribution in [3.8, 4) is 0 Å². The lowest BCUT2D eigenvalue weighted by Crippen LogP contribution is -2.52. The largest absolute Gasteiger partial charge is 0.360 e. The first-order valence-corrected chi connectivity index (χ1v) is 8.60. The van der Waals surface area contributed by atoms with Gasteiger partial charge in [-0.1, -0.05) is 5.16 Å². The highest BCUT2D eigenvalue weighted by Gasteiger charge is 2.68. The zero-order chi connectivity index (χ0) is 17.5. The van der Waals surface area contributed by atoms with E-state index in [1.165, 1.54) is 0 Å². The molecule has 1 saturated carbocycles. The predicted molar refractivity (Wildman–Crippen MR) is 90.1 cm³/mol. The zero-order valence-electron chi connectivity index (χ0n) is 13.6. The van der Waals surface area contributed by atoms with Gasteiger partial charge in [0.2, 0.25) is 11.8 Å². The molecule has 3 rings (SSSR count). The van der Waals surface area contributed by atoms with Crippen molar-refractivity contribution in [3.63, 3.8) is 0 Å². The van der Waals surface area contributed by atoms with E-state index < -0.39 is 9.75 Å². The number of carbonyl (C=O) groups excluding carboxylic acids is 2. The van der Waals surface area contributed by atoms with Crippen LogP contribution in [0.15, 0.2) is 10.6 Å². The van der Waals surface area contributed by atoms with E-state index in [2.05, 4.69) is 10.5 Å². The number of amides is 2. The van der Waals surface area contributed by atoms with Crippen molar-refractivity contribution in [2.24, 2.45) is 5.41 Å². The highest BCUT2D eigenvalue weighted by molar-refractivity contribution is 6.53. The maximum Gasteiger partial charge on any atom is 0.239 e. The lowest BCUT2D eigenvalue weighted by Gasteiger charge is -2.35. The molecule has 1 aliphatic carbocycles. The number of halogens is 2. The summed E-state index contributed by atoms with van der Waals surface area (Å²) in [5.41, 5.74) is -0.680. The van der Waals surface area contributed by atoms with Gasteiger partial charge in [-0.15, -0.1) is 23.2 Å². The Morgan fingerprint density at radius 3 is 2.46 bits per heavy atom. The van der Waals surface area contributed by atoms with E-state index >= 15 is 0 Å². The number of nitrogens with one attached hydrogen (secondary N) is 1. The predicted octanol–water partition coefficient (Wildman–Crippen LogP) is 1.65. The number of carbonyl (C=O) groups is 2. The Labute approximate surface area is 150 Å². The molecule has 0 radical (unpaired) electrons. The normalized spacial score (nSPS) is 26.2. The molecule has 24 heavy (non-hydrogen) atoms. The molecule has 0 bridgehead atoms. The highest BCUT2D eigenvalue weighted by atomic mass is 35.5. The standard InChI is InChI=1S/C15H20Cl2N4O3/c1-10-7-11(19-24-10)18-12(22)8-20-3-5-21(6-4-20)13(23)14(2)9-15(14,16)17/h7H,3-6,8-9H2,1-2H3,(H,18,19,22). The van der Waals surface area contributed by atoms with Gasteiger partial charge in [0.15, 0.2) is 5.82 Å². The van der Waals surface area contributed by atoms with Gasteiger partial charge in [-0.3, -0.25) is 14.5 Å². The summed E-state index contributed by atoms with van der Waals surface area (Å²) in [5, 5.41) is 6.42. The Morgan fingerprint density at radius 2 is 1.96 bits per heavy atom. The topological polar surface area (TPSA) is 78.7 Å². The molecular weight excluding hydrogens is 355 g/mol. The van der Waals surface area contributed by atoms with E-state index in [-0.39, 0.29) is 18.4 Å². The van der Waals surface area contributed by atoms with E-state index in [9.17, 15) is 9.59 Å². The fraction of sp³-hybridized carbons (Fsp3) is 0.667. The molecule has 2 heterocycles. The van der Waals surface area contributed by atoms with Crippen molar-refractivity contribution in [2.45, 2.75) is 24.6 Å². The Morgan fingerprint density at radius 1 is 1.33 bits per heavy atom. The molecule has 1 aromatic rings. The van der Waals surface area contributed by atoms with Gasteiger partial charge < -0.3 is 14.7 Å². The van der Waals surface area contributed by atoms with Crippen molar-refractivity contribution in [3.05, 3.63) is 11.8 Å². The molecule has 1 unspecified atom stereocenters. The summed E-state index contributed by atoms with van der Waals surface area (Å²) in [7, 11) is 0. The SMILES string of the molecule is Cc1cc(NC(=O)CN2CCN(C(=O)C3(C)CC3(Cl)Cl)CC2)no1. The number of hydrogen-bond acceptors (Lipinski definition) is 5. The van der Waals surface area contributed by atoms with Crippen LogP contribution in [0.4, 0.5) is 5.82 Å². The molecule has 7 nitrogen and oxygen atoms in total. The third-order valence-electron chi connectivity index (χ3n) is 4.65. The van der Waals surface area contributed by atoms with Crippen LogP contribution in [0.2, 0.25) is 0 Å². The molecule has 0 aromatic carbocycles. The molecule has 1 saturated heterocycles. The molecule has 2 aliphatic rings. The zero-order valence-corrected chi connectivity index (χ0v) is 15.2. The quantitative estimate of drug-likeness (QED) is 0.810. The number of aromatic nitrogens is 1. The van der Waals surface area contributed by atoms with E-state index in [0.717, 1.165) is 0 Å². The number of hydrogen-bond donors (Lipinski definition) is 1. The van der Waals surface area contributed by atoms with Crippen molar-refractivity contribution in [1.29, 1.82) is 0 Å². The molecule has 1 atom stereocenters. The Bertz CT molecular complexity index is 655. The Kier molecular flexibility index (Phi) is 4.53. The van der Waals surface area contributed by atoms with Crippen LogP contribution in [0, 0.1) is 12.3 Å². The van der Waals surface area contributed by atoms with Crippen molar-refractivity contribution in [1.82, 2.24) is 15.0 Å². The summed E-state index contributed by atoms with van der Waals surface area (Å²) in [5.74, 6) is 0.890. The maximum absolute atomic E-state index is 12.5. The van der Waals surface area contributed by atoms with Crippen LogP contribution in [0.5, 0.6) is 0 Å². The number of piperazine rings is 1. The van der Waals surface area contributed by atoms with Crippen LogP contribution < -0.4 is 5.32 Å². The summed E-state index contributed by atoms with van der Waals surface area (Å²) in [4.78, 5) is 28.3. The highest BCUT2D eigenvalue weighted by Crippen LogP contribution is 2.64. The third kappa shape index (κ3) is 3.38. The monoisotopic (exact) mass is 374 g/mol. The smallest absolute Gasteiger partial charge is 0.239 e. The van der Waals surface area contributed by atoms with Crippen molar-refractivity contribution in [2.75, 3.05) is 38.0 Å². The third-order valence-corrected chi connectivity index (χ3v) is 5.75. The van der Waals surface area contributed by atoms with Crippen LogP contribution in [-0.4, -0.2) is 63.8 Å². The van der Waals surface area contributed by atoms with Gasteiger partial charge in [0.1, 0.15) is 10.1 Å². The maximum atomic E-state index is 12.5. The number of anilines is 1. The second-order valence-electron chi connectivity index (χ2n) is 6.65. The van der Waals surface area contributed by atoms with Gasteiger partial charge in [0, 0.05) is 32.2 Å². The van der Waals surface area contributed by atoms with Crippen LogP contribution in [0.3, 0.4) is 0 Å². The second kappa shape index (κ2) is 6.20. The van der Waals surface area contributed by atoms with Crippen molar-refractivity contribution < 1.29 is 14.1 Å². The minimum atomic E-state index is -0.948. The minimum Gasteiger partial charge on any atom is -0.360 e. The van der Waals surface area contributed by atoms with Gasteiger partial charge in [-0.25, -0.2) is 0 Å². The molecule has 2 fully saturated rings. The van der Waals surface area contributed by atoms with Gasteiger partial charge in [-0.2, -0.15) is 0 Å². The minimum absolute atomic E-state index is 0.00493. The Hall–Kier alpha value is -1.31. The lowest BCUT2D eigenvalue weighted by molar-refractivity contribution is -0.138. The van der Waals surface area contributed by atoms with E-state index in [1.54, 1.807) is 24.8 Å². The van der Waals surface area contributed by atoms with Gasteiger partial charge >= 0.3 is 0 Å². The summed E-state index contributed by atoms with van der Waals surface area (Å²) < 4.78 is 3.96.